The highest BCUT2D eigenvalue weighted by Gasteiger charge is 2.34. The number of rotatable bonds is 16. The lowest BCUT2D eigenvalue weighted by Crippen LogP contribution is -2.14. The molecular formula is C65H47Cl2F4N11O3S3. The fraction of sp³-hybridized carbons (Fsp3) is 0.0769. The molecule has 4 aromatic heterocycles. The Morgan fingerprint density at radius 2 is 0.943 bits per heavy atom. The lowest BCUT2D eigenvalue weighted by Gasteiger charge is -2.11. The summed E-state index contributed by atoms with van der Waals surface area (Å²) in [6, 6.07) is 46.1. The van der Waals surface area contributed by atoms with Crippen LogP contribution >= 0.6 is 58.5 Å². The Morgan fingerprint density at radius 3 is 1.41 bits per heavy atom. The summed E-state index contributed by atoms with van der Waals surface area (Å²) in [5.41, 5.74) is 10.3. The molecule has 0 aliphatic heterocycles. The number of aromatic nitrogens is 8. The van der Waals surface area contributed by atoms with E-state index in [0.29, 0.717) is 45.6 Å². The van der Waals surface area contributed by atoms with E-state index in [1.165, 1.54) is 34.0 Å². The smallest absolute Gasteiger partial charge is 0.322 e. The lowest BCUT2D eigenvalue weighted by molar-refractivity contribution is -0.139. The number of nitrogens with zero attached hydrogens (tertiary/aromatic N) is 8. The summed E-state index contributed by atoms with van der Waals surface area (Å²) in [7, 11) is 0. The maximum atomic E-state index is 13.4. The molecule has 0 saturated carbocycles. The van der Waals surface area contributed by atoms with Gasteiger partial charge >= 0.3 is 6.18 Å². The fourth-order valence-electron chi connectivity index (χ4n) is 8.81. The highest BCUT2D eigenvalue weighted by molar-refractivity contribution is 7.98. The number of amides is 3. The number of nitrogens with one attached hydrogen (secondary N) is 3. The monoisotopic (exact) mass is 1270 g/mol. The molecule has 0 spiro atoms. The van der Waals surface area contributed by atoms with Gasteiger partial charge in [0.25, 0.3) is 17.7 Å². The minimum absolute atomic E-state index is 0.100. The largest absolute Gasteiger partial charge is 0.419 e. The van der Waals surface area contributed by atoms with Crippen molar-refractivity contribution < 1.29 is 31.9 Å². The van der Waals surface area contributed by atoms with Crippen molar-refractivity contribution in [3.8, 4) is 16.8 Å². The van der Waals surface area contributed by atoms with Gasteiger partial charge in [-0.3, -0.25) is 33.9 Å². The number of fused-ring (bicyclic) bond motifs is 3. The minimum Gasteiger partial charge on any atom is -0.322 e. The summed E-state index contributed by atoms with van der Waals surface area (Å²) in [6.07, 6.45) is 12.5. The van der Waals surface area contributed by atoms with Gasteiger partial charge in [-0.15, -0.1) is 35.3 Å². The number of anilines is 3. The summed E-state index contributed by atoms with van der Waals surface area (Å²) in [6.45, 7) is 0. The van der Waals surface area contributed by atoms with Crippen molar-refractivity contribution in [1.82, 2.24) is 39.5 Å². The van der Waals surface area contributed by atoms with Crippen molar-refractivity contribution in [3.05, 3.63) is 286 Å². The molecule has 1 aliphatic rings. The van der Waals surface area contributed by atoms with Crippen LogP contribution in [-0.2, 0) is 29.9 Å². The Kier molecular flexibility index (Phi) is 20.7. The van der Waals surface area contributed by atoms with Gasteiger partial charge in [0, 0.05) is 93.9 Å². The average molecular weight is 1270 g/mol. The highest BCUT2D eigenvalue weighted by Crippen LogP contribution is 2.38. The van der Waals surface area contributed by atoms with Crippen LogP contribution in [0.3, 0.4) is 0 Å². The van der Waals surface area contributed by atoms with Crippen molar-refractivity contribution in [2.45, 2.75) is 44.9 Å². The van der Waals surface area contributed by atoms with Crippen LogP contribution in [0, 0.1) is 5.82 Å². The lowest BCUT2D eigenvalue weighted by atomic mass is 10.1. The molecule has 0 bridgehead atoms. The molecule has 7 aromatic carbocycles. The number of carbonyl (C=O) groups is 3. The van der Waals surface area contributed by atoms with Crippen molar-refractivity contribution in [2.75, 3.05) is 16.0 Å². The molecule has 1 aliphatic carbocycles. The number of hydrogen-bond acceptors (Lipinski definition) is 13. The van der Waals surface area contributed by atoms with Gasteiger partial charge in [-0.25, -0.2) is 24.3 Å². The molecular weight excluding hydrogens is 1230 g/mol. The van der Waals surface area contributed by atoms with Crippen LogP contribution in [0.5, 0.6) is 0 Å². The normalized spacial score (nSPS) is 11.2. The van der Waals surface area contributed by atoms with Gasteiger partial charge in [0.2, 0.25) is 0 Å². The van der Waals surface area contributed by atoms with Crippen molar-refractivity contribution in [1.29, 1.82) is 0 Å². The zero-order chi connectivity index (χ0) is 61.4. The van der Waals surface area contributed by atoms with E-state index in [1.807, 2.05) is 66.7 Å². The Labute approximate surface area is 525 Å². The molecule has 0 saturated heterocycles. The summed E-state index contributed by atoms with van der Waals surface area (Å²) in [4.78, 5) is 66.6. The van der Waals surface area contributed by atoms with Crippen LogP contribution in [0.4, 0.5) is 34.6 Å². The van der Waals surface area contributed by atoms with E-state index in [1.54, 1.807) is 127 Å². The van der Waals surface area contributed by atoms with E-state index in [9.17, 15) is 31.9 Å². The Hall–Kier alpha value is -9.25. The Morgan fingerprint density at radius 1 is 0.489 bits per heavy atom. The molecule has 0 unspecified atom stereocenters. The Balaban J connectivity index is 0.000000146. The predicted octanol–water partition coefficient (Wildman–Crippen LogP) is 16.3. The van der Waals surface area contributed by atoms with Gasteiger partial charge in [-0.05, 0) is 136 Å². The number of carbonyl (C=O) groups excluding carboxylic acids is 3. The second-order valence-electron chi connectivity index (χ2n) is 19.1. The molecule has 11 aromatic rings. The molecule has 88 heavy (non-hydrogen) atoms. The second-order valence-corrected chi connectivity index (χ2v) is 22.8. The maximum Gasteiger partial charge on any atom is 0.419 e. The van der Waals surface area contributed by atoms with E-state index in [0.717, 1.165) is 61.4 Å². The van der Waals surface area contributed by atoms with E-state index in [-0.39, 0.29) is 28.2 Å². The molecule has 0 radical (unpaired) electrons. The van der Waals surface area contributed by atoms with Gasteiger partial charge in [0.05, 0.1) is 24.2 Å². The number of benzene rings is 7. The van der Waals surface area contributed by atoms with Crippen molar-refractivity contribution in [2.24, 2.45) is 0 Å². The quantitative estimate of drug-likeness (QED) is 0.0614. The molecule has 14 nitrogen and oxygen atoms in total. The maximum absolute atomic E-state index is 13.4. The van der Waals surface area contributed by atoms with Crippen LogP contribution in [0.25, 0.3) is 16.8 Å². The summed E-state index contributed by atoms with van der Waals surface area (Å²) in [5, 5.41) is 11.3. The molecule has 4 heterocycles. The molecule has 440 valence electrons. The van der Waals surface area contributed by atoms with Crippen LogP contribution in [-0.4, -0.2) is 57.2 Å². The summed E-state index contributed by atoms with van der Waals surface area (Å²) < 4.78 is 53.4. The molecule has 12 rings (SSSR count). The third-order valence-corrected chi connectivity index (χ3v) is 16.7. The first-order valence-corrected chi connectivity index (χ1v) is 30.3. The first-order chi connectivity index (χ1) is 42.7. The average Bonchev–Trinajstić information content (AvgIpc) is 2.76. The van der Waals surface area contributed by atoms with E-state index in [2.05, 4.69) is 87.2 Å². The standard InChI is InChI=1S/C25H19N3OS.C21H15Cl2N5OS.C19H13F4N3OS/c29-25(19-6-3-4-17(12-19)16-30-24-15-26-10-11-27-24)28-21-8-9-23-20(14-21)13-18-5-1-2-7-22(18)23;22-19-20(23)28(13-26-19)17-6-4-16(5-7-17)27-21(29)15-3-1-2-14(10-15)12-30-18-11-24-8-9-25-18;20-16-5-4-14(9-15(16)19(21,22)23)26-18(27)13-3-1-2-12(8-13)11-28-17-10-24-6-7-25-17/h1-12,14-15H,13,16H2,(H,28,29);1-11,13H,12H2,(H,27,29);1-10H,11H2,(H,26,27). The Bertz CT molecular complexity index is 4240. The van der Waals surface area contributed by atoms with Gasteiger partial charge < -0.3 is 16.0 Å². The fourth-order valence-corrected chi connectivity index (χ4v) is 11.4. The van der Waals surface area contributed by atoms with Crippen LogP contribution in [0.1, 0.15) is 64.5 Å². The SMILES string of the molecule is O=C(Nc1ccc(-n2cnc(Cl)c2Cl)cc1)c1cccc(CSc2cnccn2)c1.O=C(Nc1ccc(F)c(C(F)(F)F)c1)c1cccc(CSc2cnccn2)c1.O=C(Nc1ccc2c(c1)Cc1ccccc1-2)c1cccc(CSc2cnccn2)c1. The number of imidazole rings is 1. The zero-order valence-electron chi connectivity index (χ0n) is 45.9. The van der Waals surface area contributed by atoms with Gasteiger partial charge in [-0.2, -0.15) is 13.2 Å². The first kappa shape index (κ1) is 61.8. The zero-order valence-corrected chi connectivity index (χ0v) is 49.9. The van der Waals surface area contributed by atoms with Crippen LogP contribution in [0.15, 0.2) is 235 Å². The minimum atomic E-state index is -4.84. The molecule has 3 N–H and O–H groups in total. The number of hydrogen-bond donors (Lipinski definition) is 3. The molecule has 23 heteroatoms. The third-order valence-electron chi connectivity index (χ3n) is 13.0. The summed E-state index contributed by atoms with van der Waals surface area (Å²) >= 11 is 16.6. The molecule has 3 amide bonds. The summed E-state index contributed by atoms with van der Waals surface area (Å²) in [5.74, 6) is -0.303. The van der Waals surface area contributed by atoms with E-state index in [4.69, 9.17) is 23.2 Å². The number of alkyl halides is 3. The second kappa shape index (κ2) is 29.4. The van der Waals surface area contributed by atoms with Gasteiger partial charge in [0.1, 0.15) is 27.2 Å². The highest BCUT2D eigenvalue weighted by atomic mass is 35.5. The van der Waals surface area contributed by atoms with Crippen molar-refractivity contribution >= 4 is 93.3 Å². The number of thioether (sulfide) groups is 3. The van der Waals surface area contributed by atoms with Gasteiger partial charge in [0.15, 0.2) is 10.3 Å². The van der Waals surface area contributed by atoms with Crippen LogP contribution < -0.4 is 16.0 Å². The van der Waals surface area contributed by atoms with E-state index >= 15 is 0 Å². The molecule has 0 fully saturated rings. The van der Waals surface area contributed by atoms with Crippen LogP contribution in [0.2, 0.25) is 10.3 Å². The number of halogens is 6. The van der Waals surface area contributed by atoms with Crippen molar-refractivity contribution in [3.63, 3.8) is 0 Å². The topological polar surface area (TPSA) is 182 Å². The predicted molar refractivity (Wildman–Crippen MR) is 338 cm³/mol. The first-order valence-electron chi connectivity index (χ1n) is 26.6. The third kappa shape index (κ3) is 16.8. The molecule has 0 atom stereocenters. The van der Waals surface area contributed by atoms with Gasteiger partial charge in [-0.1, -0.05) is 89.9 Å². The van der Waals surface area contributed by atoms with E-state index < -0.39 is 23.5 Å².